The summed E-state index contributed by atoms with van der Waals surface area (Å²) >= 11 is 6.13. The van der Waals surface area contributed by atoms with E-state index in [2.05, 4.69) is 64.8 Å². The van der Waals surface area contributed by atoms with Gasteiger partial charge in [-0.25, -0.2) is 0 Å². The highest BCUT2D eigenvalue weighted by molar-refractivity contribution is 6.31. The molecule has 0 radical (unpaired) electrons. The Labute approximate surface area is 175 Å². The third-order valence-corrected chi connectivity index (χ3v) is 6.30. The monoisotopic (exact) mass is 401 g/mol. The molecule has 5 rings (SSSR count). The van der Waals surface area contributed by atoms with Crippen LogP contribution in [0.3, 0.4) is 0 Å². The Morgan fingerprint density at radius 3 is 2.76 bits per heavy atom. The minimum Gasteiger partial charge on any atom is -0.340 e. The highest BCUT2D eigenvalue weighted by Gasteiger charge is 2.34. The van der Waals surface area contributed by atoms with E-state index in [4.69, 9.17) is 11.6 Å². The molecule has 2 unspecified atom stereocenters. The van der Waals surface area contributed by atoms with E-state index < -0.39 is 0 Å². The van der Waals surface area contributed by atoms with E-state index in [1.165, 1.54) is 11.1 Å². The van der Waals surface area contributed by atoms with Gasteiger partial charge in [0.05, 0.1) is 16.9 Å². The predicted molar refractivity (Wildman–Crippen MR) is 116 cm³/mol. The normalized spacial score (nSPS) is 17.3. The Kier molecular flexibility index (Phi) is 4.48. The summed E-state index contributed by atoms with van der Waals surface area (Å²) in [5, 5.41) is 1.75. The number of nitrogens with zero attached hydrogens (tertiary/aromatic N) is 2. The zero-order chi connectivity index (χ0) is 20.0. The first kappa shape index (κ1) is 18.1. The second kappa shape index (κ2) is 7.16. The van der Waals surface area contributed by atoms with E-state index in [0.717, 1.165) is 29.4 Å². The molecule has 4 aromatic rings. The van der Waals surface area contributed by atoms with Crippen molar-refractivity contribution in [1.29, 1.82) is 0 Å². The Bertz CT molecular complexity index is 1210. The van der Waals surface area contributed by atoms with Crippen LogP contribution in [0.4, 0.5) is 0 Å². The number of pyridine rings is 1. The number of rotatable bonds is 3. The number of hydrogen-bond acceptors (Lipinski definition) is 1. The second-order valence-corrected chi connectivity index (χ2v) is 8.20. The molecule has 0 fully saturated rings. The molecule has 29 heavy (non-hydrogen) atoms. The molecule has 144 valence electrons. The Morgan fingerprint density at radius 2 is 1.93 bits per heavy atom. The van der Waals surface area contributed by atoms with Crippen LogP contribution in [0, 0.1) is 0 Å². The van der Waals surface area contributed by atoms with Gasteiger partial charge in [-0.1, -0.05) is 48.0 Å². The molecule has 0 aliphatic heterocycles. The van der Waals surface area contributed by atoms with E-state index in [1.807, 2.05) is 30.5 Å². The molecular formula is C25H22ClN2O+. The highest BCUT2D eigenvalue weighted by atomic mass is 35.5. The first-order chi connectivity index (χ1) is 14.1. The van der Waals surface area contributed by atoms with Crippen LogP contribution in [0.5, 0.6) is 0 Å². The predicted octanol–water partition coefficient (Wildman–Crippen LogP) is 5.56. The molecule has 0 N–H and O–H groups in total. The van der Waals surface area contributed by atoms with Gasteiger partial charge in [-0.15, -0.1) is 0 Å². The maximum Gasteiger partial charge on any atom is 0.230 e. The van der Waals surface area contributed by atoms with Gasteiger partial charge in [0.25, 0.3) is 0 Å². The largest absolute Gasteiger partial charge is 0.340 e. The Morgan fingerprint density at radius 1 is 1.10 bits per heavy atom. The van der Waals surface area contributed by atoms with E-state index >= 15 is 0 Å². The van der Waals surface area contributed by atoms with Crippen LogP contribution >= 0.6 is 11.6 Å². The molecule has 2 aromatic carbocycles. The summed E-state index contributed by atoms with van der Waals surface area (Å²) in [6.45, 7) is 2.21. The van der Waals surface area contributed by atoms with Crippen molar-refractivity contribution in [3.05, 3.63) is 101 Å². The first-order valence-corrected chi connectivity index (χ1v) is 10.4. The van der Waals surface area contributed by atoms with Crippen LogP contribution in [0.1, 0.15) is 46.9 Å². The summed E-state index contributed by atoms with van der Waals surface area (Å²) in [4.78, 5) is 13.1. The molecule has 0 saturated heterocycles. The Balaban J connectivity index is 1.49. The lowest BCUT2D eigenvalue weighted by molar-refractivity contribution is -0.707. The van der Waals surface area contributed by atoms with Gasteiger partial charge in [0, 0.05) is 29.3 Å². The van der Waals surface area contributed by atoms with Gasteiger partial charge < -0.3 is 4.57 Å². The summed E-state index contributed by atoms with van der Waals surface area (Å²) in [6, 6.07) is 20.5. The molecule has 4 heteroatoms. The number of halogens is 1. The lowest BCUT2D eigenvalue weighted by atomic mass is 9.87. The number of aromatic nitrogens is 2. The van der Waals surface area contributed by atoms with Gasteiger partial charge in [-0.05, 0) is 42.7 Å². The van der Waals surface area contributed by atoms with E-state index in [9.17, 15) is 4.79 Å². The smallest absolute Gasteiger partial charge is 0.230 e. The van der Waals surface area contributed by atoms with Crippen molar-refractivity contribution >= 4 is 28.3 Å². The molecule has 2 atom stereocenters. The molecule has 3 nitrogen and oxygen atoms in total. The van der Waals surface area contributed by atoms with Gasteiger partial charge in [-0.2, -0.15) is 4.57 Å². The summed E-state index contributed by atoms with van der Waals surface area (Å²) < 4.78 is 4.35. The summed E-state index contributed by atoms with van der Waals surface area (Å²) in [7, 11) is 0. The fourth-order valence-corrected chi connectivity index (χ4v) is 4.61. The quantitative estimate of drug-likeness (QED) is 0.412. The zero-order valence-corrected chi connectivity index (χ0v) is 17.0. The Hall–Kier alpha value is -2.91. The number of fused-ring (bicyclic) bond motifs is 2. The van der Waals surface area contributed by atoms with Crippen LogP contribution in [0.2, 0.25) is 5.02 Å². The minimum atomic E-state index is -0.180. The van der Waals surface area contributed by atoms with Gasteiger partial charge in [0.2, 0.25) is 11.8 Å². The number of carbonyl (C=O) groups is 1. The number of aryl methyl sites for hydroxylation is 1. The molecule has 2 aromatic heterocycles. The van der Waals surface area contributed by atoms with Crippen molar-refractivity contribution in [3.63, 3.8) is 0 Å². The minimum absolute atomic E-state index is 0.148. The second-order valence-electron chi connectivity index (χ2n) is 7.76. The zero-order valence-electron chi connectivity index (χ0n) is 16.3. The van der Waals surface area contributed by atoms with Gasteiger partial charge in [0.1, 0.15) is 0 Å². The van der Waals surface area contributed by atoms with Crippen LogP contribution in [0.15, 0.2) is 79.3 Å². The van der Waals surface area contributed by atoms with Crippen molar-refractivity contribution in [2.75, 3.05) is 0 Å². The van der Waals surface area contributed by atoms with Crippen molar-refractivity contribution in [1.82, 2.24) is 4.57 Å². The van der Waals surface area contributed by atoms with Crippen LogP contribution in [0.25, 0.3) is 10.9 Å². The molecule has 0 bridgehead atoms. The number of hydrogen-bond donors (Lipinski definition) is 0. The first-order valence-electron chi connectivity index (χ1n) is 10.0. The van der Waals surface area contributed by atoms with Gasteiger partial charge in [-0.3, -0.25) is 4.79 Å². The highest BCUT2D eigenvalue weighted by Crippen LogP contribution is 2.29. The summed E-state index contributed by atoms with van der Waals surface area (Å²) in [5.41, 5.74) is 4.30. The van der Waals surface area contributed by atoms with Gasteiger partial charge in [0.15, 0.2) is 12.4 Å². The van der Waals surface area contributed by atoms with Crippen LogP contribution in [-0.2, 0) is 6.42 Å². The molecule has 2 heterocycles. The number of Topliss-reactive ketones (excluding diaryl/α,β-unsaturated/α-hetero) is 1. The summed E-state index contributed by atoms with van der Waals surface area (Å²) in [5.74, 6) is 0.148. The lowest BCUT2D eigenvalue weighted by Crippen LogP contribution is -2.45. The molecule has 1 aliphatic carbocycles. The van der Waals surface area contributed by atoms with Crippen LogP contribution < -0.4 is 4.57 Å². The van der Waals surface area contributed by atoms with Crippen molar-refractivity contribution in [2.24, 2.45) is 0 Å². The number of ketones is 1. The maximum absolute atomic E-state index is 13.1. The van der Waals surface area contributed by atoms with Crippen LogP contribution in [-0.4, -0.2) is 10.4 Å². The molecule has 0 amide bonds. The summed E-state index contributed by atoms with van der Waals surface area (Å²) in [6.07, 6.45) is 7.96. The fourth-order valence-electron chi connectivity index (χ4n) is 4.43. The third kappa shape index (κ3) is 3.16. The van der Waals surface area contributed by atoms with E-state index in [1.54, 1.807) is 0 Å². The standard InChI is InChI=1S/C25H22ClN2O/c1-17(18-5-3-2-4-6-18)28-14-11-20-16-27(13-12-23(20)28)24-10-8-19-7-9-21(26)15-22(19)25(24)29/h2-7,9,11-17,24H,8,10H2,1H3/q+1. The van der Waals surface area contributed by atoms with Crippen molar-refractivity contribution in [2.45, 2.75) is 31.8 Å². The lowest BCUT2D eigenvalue weighted by Gasteiger charge is -2.20. The average molecular weight is 402 g/mol. The molecular weight excluding hydrogens is 380 g/mol. The maximum atomic E-state index is 13.1. The fraction of sp³-hybridized carbons (Fsp3) is 0.200. The third-order valence-electron chi connectivity index (χ3n) is 6.07. The van der Waals surface area contributed by atoms with E-state index in [-0.39, 0.29) is 17.9 Å². The molecule has 1 aliphatic rings. The number of carbonyl (C=O) groups excluding carboxylic acids is 1. The average Bonchev–Trinajstić information content (AvgIpc) is 3.18. The topological polar surface area (TPSA) is 25.9 Å². The van der Waals surface area contributed by atoms with E-state index in [0.29, 0.717) is 5.02 Å². The SMILES string of the molecule is CC(c1ccccc1)n1ccc2c[n+](C3CCc4ccc(Cl)cc4C3=O)ccc21. The molecule has 0 spiro atoms. The van der Waals surface area contributed by atoms with Crippen molar-refractivity contribution in [3.8, 4) is 0 Å². The van der Waals surface area contributed by atoms with Gasteiger partial charge >= 0.3 is 0 Å². The van der Waals surface area contributed by atoms with Crippen molar-refractivity contribution < 1.29 is 9.36 Å². The molecule has 0 saturated carbocycles. The number of benzene rings is 2.